The number of aryl methyl sites for hydroxylation is 1. The molecule has 19 heavy (non-hydrogen) atoms. The molecule has 0 radical (unpaired) electrons. The molecule has 2 aromatic heterocycles. The van der Waals surface area contributed by atoms with Crippen molar-refractivity contribution in [3.8, 4) is 11.5 Å². The highest BCUT2D eigenvalue weighted by molar-refractivity contribution is 7.09. The molecular formula is C13H12N4OS. The summed E-state index contributed by atoms with van der Waals surface area (Å²) < 4.78 is 5.20. The number of thiazole rings is 1. The van der Waals surface area contributed by atoms with Crippen LogP contribution in [0.2, 0.25) is 0 Å². The van der Waals surface area contributed by atoms with E-state index in [9.17, 15) is 0 Å². The van der Waals surface area contributed by atoms with Gasteiger partial charge in [-0.05, 0) is 24.6 Å². The number of aromatic nitrogens is 3. The van der Waals surface area contributed by atoms with Gasteiger partial charge in [-0.25, -0.2) is 4.98 Å². The summed E-state index contributed by atoms with van der Waals surface area (Å²) in [4.78, 5) is 4.25. The van der Waals surface area contributed by atoms with Gasteiger partial charge in [-0.3, -0.25) is 0 Å². The molecule has 3 rings (SSSR count). The van der Waals surface area contributed by atoms with Crippen molar-refractivity contribution in [3.63, 3.8) is 0 Å². The molecule has 1 aromatic carbocycles. The van der Waals surface area contributed by atoms with Gasteiger partial charge in [0.05, 0.1) is 6.54 Å². The highest BCUT2D eigenvalue weighted by atomic mass is 32.1. The summed E-state index contributed by atoms with van der Waals surface area (Å²) in [5, 5.41) is 14.0. The first-order valence-electron chi connectivity index (χ1n) is 5.82. The molecule has 0 aliphatic heterocycles. The van der Waals surface area contributed by atoms with Crippen LogP contribution in [0.1, 0.15) is 10.6 Å². The fourth-order valence-corrected chi connectivity index (χ4v) is 2.31. The molecule has 2 heterocycles. The Morgan fingerprint density at radius 3 is 3.05 bits per heavy atom. The summed E-state index contributed by atoms with van der Waals surface area (Å²) in [5.41, 5.74) is 3.12. The minimum atomic E-state index is 0.525. The van der Waals surface area contributed by atoms with E-state index < -0.39 is 0 Å². The molecule has 5 nitrogen and oxygen atoms in total. The largest absolute Gasteiger partial charge is 0.423 e. The number of hydrogen-bond donors (Lipinski definition) is 1. The molecule has 96 valence electrons. The molecule has 0 saturated carbocycles. The second kappa shape index (κ2) is 5.19. The summed E-state index contributed by atoms with van der Waals surface area (Å²) in [6.07, 6.45) is 3.14. The molecular weight excluding hydrogens is 260 g/mol. The summed E-state index contributed by atoms with van der Waals surface area (Å²) in [7, 11) is 0. The van der Waals surface area contributed by atoms with E-state index >= 15 is 0 Å². The van der Waals surface area contributed by atoms with E-state index in [0.29, 0.717) is 12.4 Å². The minimum Gasteiger partial charge on any atom is -0.423 e. The van der Waals surface area contributed by atoms with Crippen LogP contribution in [0, 0.1) is 6.92 Å². The summed E-state index contributed by atoms with van der Waals surface area (Å²) in [6, 6.07) is 6.01. The van der Waals surface area contributed by atoms with Gasteiger partial charge in [0, 0.05) is 22.8 Å². The molecule has 0 amide bonds. The van der Waals surface area contributed by atoms with Gasteiger partial charge in [0.15, 0.2) is 0 Å². The van der Waals surface area contributed by atoms with Gasteiger partial charge in [-0.1, -0.05) is 6.07 Å². The normalized spacial score (nSPS) is 10.6. The Balaban J connectivity index is 1.82. The van der Waals surface area contributed by atoms with E-state index in [1.165, 1.54) is 12.0 Å². The van der Waals surface area contributed by atoms with Crippen LogP contribution in [0.3, 0.4) is 0 Å². The van der Waals surface area contributed by atoms with Crippen LogP contribution < -0.4 is 5.32 Å². The standard InChI is InChI=1S/C13H12N4OS/c1-9-2-3-10(13-17-16-8-18-13)6-11(9)15-7-12-14-4-5-19-12/h2-6,8,15H,7H2,1H3. The third-order valence-corrected chi connectivity index (χ3v) is 3.54. The lowest BCUT2D eigenvalue weighted by Gasteiger charge is -2.09. The number of hydrogen-bond acceptors (Lipinski definition) is 6. The van der Waals surface area contributed by atoms with Crippen LogP contribution in [0.5, 0.6) is 0 Å². The van der Waals surface area contributed by atoms with Crippen LogP contribution in [0.25, 0.3) is 11.5 Å². The van der Waals surface area contributed by atoms with Crippen LogP contribution >= 0.6 is 11.3 Å². The highest BCUT2D eigenvalue weighted by Crippen LogP contribution is 2.24. The number of anilines is 1. The second-order valence-electron chi connectivity index (χ2n) is 4.05. The molecule has 0 aliphatic carbocycles. The first-order chi connectivity index (χ1) is 9.33. The van der Waals surface area contributed by atoms with Gasteiger partial charge in [-0.15, -0.1) is 21.5 Å². The summed E-state index contributed by atoms with van der Waals surface area (Å²) >= 11 is 1.64. The number of rotatable bonds is 4. The van der Waals surface area contributed by atoms with Crippen molar-refractivity contribution >= 4 is 17.0 Å². The van der Waals surface area contributed by atoms with Crippen LogP contribution in [-0.2, 0) is 6.54 Å². The molecule has 0 spiro atoms. The first-order valence-corrected chi connectivity index (χ1v) is 6.70. The average Bonchev–Trinajstić information content (AvgIpc) is 3.11. The third-order valence-electron chi connectivity index (χ3n) is 2.76. The molecule has 0 fully saturated rings. The van der Waals surface area contributed by atoms with Crippen LogP contribution in [0.15, 0.2) is 40.6 Å². The predicted molar refractivity (Wildman–Crippen MR) is 73.9 cm³/mol. The third kappa shape index (κ3) is 2.63. The first kappa shape index (κ1) is 11.9. The van der Waals surface area contributed by atoms with Crippen LogP contribution in [0.4, 0.5) is 5.69 Å². The van der Waals surface area contributed by atoms with Crippen molar-refractivity contribution in [2.45, 2.75) is 13.5 Å². The number of nitrogens with one attached hydrogen (secondary N) is 1. The zero-order chi connectivity index (χ0) is 13.1. The molecule has 0 atom stereocenters. The second-order valence-corrected chi connectivity index (χ2v) is 5.03. The Bertz CT molecular complexity index is 649. The van der Waals surface area contributed by atoms with E-state index in [1.807, 2.05) is 29.8 Å². The van der Waals surface area contributed by atoms with Gasteiger partial charge in [-0.2, -0.15) is 0 Å². The Hall–Kier alpha value is -2.21. The lowest BCUT2D eigenvalue weighted by Crippen LogP contribution is -2.00. The number of benzene rings is 1. The zero-order valence-electron chi connectivity index (χ0n) is 10.3. The Kier molecular flexibility index (Phi) is 3.24. The highest BCUT2D eigenvalue weighted by Gasteiger charge is 2.07. The van der Waals surface area contributed by atoms with Crippen molar-refractivity contribution in [3.05, 3.63) is 46.7 Å². The Morgan fingerprint density at radius 2 is 2.32 bits per heavy atom. The lowest BCUT2D eigenvalue weighted by atomic mass is 10.1. The summed E-state index contributed by atoms with van der Waals surface area (Å²) in [5.74, 6) is 0.525. The molecule has 0 aliphatic rings. The van der Waals surface area contributed by atoms with Gasteiger partial charge in [0.25, 0.3) is 0 Å². The molecule has 0 saturated heterocycles. The topological polar surface area (TPSA) is 63.8 Å². The Morgan fingerprint density at radius 1 is 1.37 bits per heavy atom. The van der Waals surface area contributed by atoms with Gasteiger partial charge < -0.3 is 9.73 Å². The van der Waals surface area contributed by atoms with Gasteiger partial charge in [0.2, 0.25) is 12.3 Å². The maximum atomic E-state index is 5.20. The van der Waals surface area contributed by atoms with E-state index in [4.69, 9.17) is 4.42 Å². The SMILES string of the molecule is Cc1ccc(-c2nnco2)cc1NCc1nccs1. The van der Waals surface area contributed by atoms with Crippen molar-refractivity contribution < 1.29 is 4.42 Å². The Labute approximate surface area is 114 Å². The molecule has 6 heteroatoms. The smallest absolute Gasteiger partial charge is 0.247 e. The van der Waals surface area contributed by atoms with Gasteiger partial charge in [0.1, 0.15) is 5.01 Å². The quantitative estimate of drug-likeness (QED) is 0.790. The lowest BCUT2D eigenvalue weighted by molar-refractivity contribution is 0.568. The van der Waals surface area contributed by atoms with E-state index in [-0.39, 0.29) is 0 Å². The van der Waals surface area contributed by atoms with Crippen molar-refractivity contribution in [1.29, 1.82) is 0 Å². The molecule has 0 bridgehead atoms. The average molecular weight is 272 g/mol. The van der Waals surface area contributed by atoms with E-state index in [0.717, 1.165) is 16.3 Å². The van der Waals surface area contributed by atoms with Crippen molar-refractivity contribution in [2.75, 3.05) is 5.32 Å². The van der Waals surface area contributed by atoms with E-state index in [2.05, 4.69) is 27.4 Å². The van der Waals surface area contributed by atoms with Gasteiger partial charge >= 0.3 is 0 Å². The fraction of sp³-hybridized carbons (Fsp3) is 0.154. The molecule has 0 unspecified atom stereocenters. The number of nitrogens with zero attached hydrogens (tertiary/aromatic N) is 3. The van der Waals surface area contributed by atoms with Crippen LogP contribution in [-0.4, -0.2) is 15.2 Å². The minimum absolute atomic E-state index is 0.525. The predicted octanol–water partition coefficient (Wildman–Crippen LogP) is 3.11. The van der Waals surface area contributed by atoms with E-state index in [1.54, 1.807) is 11.3 Å². The van der Waals surface area contributed by atoms with Crippen molar-refractivity contribution in [2.24, 2.45) is 0 Å². The maximum Gasteiger partial charge on any atom is 0.247 e. The van der Waals surface area contributed by atoms with Crippen molar-refractivity contribution in [1.82, 2.24) is 15.2 Å². The maximum absolute atomic E-state index is 5.20. The molecule has 3 aromatic rings. The fourth-order valence-electron chi connectivity index (χ4n) is 1.76. The monoisotopic (exact) mass is 272 g/mol. The molecule has 1 N–H and O–H groups in total. The zero-order valence-corrected chi connectivity index (χ0v) is 11.1. The summed E-state index contributed by atoms with van der Waals surface area (Å²) in [6.45, 7) is 2.77.